The van der Waals surface area contributed by atoms with Crippen LogP contribution >= 0.6 is 0 Å². The van der Waals surface area contributed by atoms with E-state index in [1.165, 1.54) is 0 Å². The second-order valence-electron chi connectivity index (χ2n) is 3.95. The van der Waals surface area contributed by atoms with Gasteiger partial charge in [0.25, 0.3) is 0 Å². The summed E-state index contributed by atoms with van der Waals surface area (Å²) in [7, 11) is 0. The van der Waals surface area contributed by atoms with Gasteiger partial charge in [-0.2, -0.15) is 0 Å². The summed E-state index contributed by atoms with van der Waals surface area (Å²) < 4.78 is 5.38. The van der Waals surface area contributed by atoms with E-state index in [4.69, 9.17) is 4.74 Å². The number of ether oxygens (including phenoxy) is 1. The predicted octanol–water partition coefficient (Wildman–Crippen LogP) is 0.922. The molecule has 1 amide bonds. The molecular weight excluding hydrogens is 204 g/mol. The quantitative estimate of drug-likeness (QED) is 0.793. The Morgan fingerprint density at radius 3 is 2.88 bits per heavy atom. The molecule has 0 saturated carbocycles. The van der Waals surface area contributed by atoms with Crippen molar-refractivity contribution in [2.45, 2.75) is 13.0 Å². The van der Waals surface area contributed by atoms with Crippen LogP contribution in [0.2, 0.25) is 0 Å². The van der Waals surface area contributed by atoms with E-state index in [9.17, 15) is 4.79 Å². The summed E-state index contributed by atoms with van der Waals surface area (Å²) in [6.07, 6.45) is 0.197. The minimum Gasteiger partial charge on any atom is -0.366 e. The Balaban J connectivity index is 1.80. The number of aryl methyl sites for hydroxylation is 1. The van der Waals surface area contributed by atoms with Gasteiger partial charge in [0.1, 0.15) is 6.61 Å². The van der Waals surface area contributed by atoms with Gasteiger partial charge in [-0.05, 0) is 18.6 Å². The van der Waals surface area contributed by atoms with Crippen molar-refractivity contribution < 1.29 is 9.53 Å². The standard InChI is InChI=1S/C12H16N2O2/c1-9-4-2-3-5-11(9)14-12(15)8-16-10-6-13-7-10/h2-5,10,13H,6-8H2,1H3,(H,14,15). The monoisotopic (exact) mass is 220 g/mol. The number of nitrogens with one attached hydrogen (secondary N) is 2. The van der Waals surface area contributed by atoms with Gasteiger partial charge in [-0.3, -0.25) is 4.79 Å². The molecule has 4 heteroatoms. The van der Waals surface area contributed by atoms with Crippen molar-refractivity contribution >= 4 is 11.6 Å². The predicted molar refractivity (Wildman–Crippen MR) is 62.4 cm³/mol. The Kier molecular flexibility index (Phi) is 3.54. The van der Waals surface area contributed by atoms with Crippen LogP contribution < -0.4 is 10.6 Å². The molecule has 1 aliphatic rings. The topological polar surface area (TPSA) is 50.4 Å². The molecule has 1 fully saturated rings. The first kappa shape index (κ1) is 11.1. The van der Waals surface area contributed by atoms with Crippen LogP contribution in [0.4, 0.5) is 5.69 Å². The first-order valence-corrected chi connectivity index (χ1v) is 5.43. The lowest BCUT2D eigenvalue weighted by molar-refractivity contribution is -0.123. The van der Waals surface area contributed by atoms with Gasteiger partial charge in [-0.25, -0.2) is 0 Å². The first-order valence-electron chi connectivity index (χ1n) is 5.43. The lowest BCUT2D eigenvalue weighted by atomic mass is 10.2. The third-order valence-electron chi connectivity index (χ3n) is 2.61. The van der Waals surface area contributed by atoms with Gasteiger partial charge in [0.05, 0.1) is 6.10 Å². The maximum absolute atomic E-state index is 11.6. The molecule has 0 unspecified atom stereocenters. The second-order valence-corrected chi connectivity index (χ2v) is 3.95. The van der Waals surface area contributed by atoms with Crippen molar-refractivity contribution in [3.05, 3.63) is 29.8 Å². The minimum absolute atomic E-state index is 0.0961. The molecule has 0 aliphatic carbocycles. The molecule has 1 aliphatic heterocycles. The van der Waals surface area contributed by atoms with Crippen molar-refractivity contribution in [2.75, 3.05) is 25.0 Å². The molecule has 86 valence electrons. The molecule has 0 atom stereocenters. The van der Waals surface area contributed by atoms with E-state index in [1.54, 1.807) is 0 Å². The number of carbonyl (C=O) groups is 1. The summed E-state index contributed by atoms with van der Waals surface area (Å²) >= 11 is 0. The number of amides is 1. The molecule has 0 aromatic heterocycles. The average molecular weight is 220 g/mol. The van der Waals surface area contributed by atoms with Crippen molar-refractivity contribution in [3.63, 3.8) is 0 Å². The maximum Gasteiger partial charge on any atom is 0.250 e. The lowest BCUT2D eigenvalue weighted by Gasteiger charge is -2.26. The molecule has 0 radical (unpaired) electrons. The van der Waals surface area contributed by atoms with Gasteiger partial charge < -0.3 is 15.4 Å². The number of anilines is 1. The lowest BCUT2D eigenvalue weighted by Crippen LogP contribution is -2.49. The third-order valence-corrected chi connectivity index (χ3v) is 2.61. The van der Waals surface area contributed by atoms with Gasteiger partial charge in [-0.15, -0.1) is 0 Å². The highest BCUT2D eigenvalue weighted by Crippen LogP contribution is 2.12. The van der Waals surface area contributed by atoms with Crippen LogP contribution in [0.25, 0.3) is 0 Å². The number of benzene rings is 1. The smallest absolute Gasteiger partial charge is 0.250 e. The van der Waals surface area contributed by atoms with Crippen LogP contribution in [-0.2, 0) is 9.53 Å². The molecule has 2 rings (SSSR count). The van der Waals surface area contributed by atoms with E-state index in [0.717, 1.165) is 24.3 Å². The summed E-state index contributed by atoms with van der Waals surface area (Å²) in [6, 6.07) is 7.70. The summed E-state index contributed by atoms with van der Waals surface area (Å²) in [4.78, 5) is 11.6. The number of carbonyl (C=O) groups excluding carboxylic acids is 1. The molecule has 0 spiro atoms. The van der Waals surface area contributed by atoms with Crippen LogP contribution in [0.3, 0.4) is 0 Å². The number of hydrogen-bond acceptors (Lipinski definition) is 3. The molecule has 1 saturated heterocycles. The highest BCUT2D eigenvalue weighted by atomic mass is 16.5. The van der Waals surface area contributed by atoms with Crippen LogP contribution in [0, 0.1) is 6.92 Å². The third kappa shape index (κ3) is 2.81. The van der Waals surface area contributed by atoms with Crippen LogP contribution in [-0.4, -0.2) is 31.7 Å². The van der Waals surface area contributed by atoms with E-state index < -0.39 is 0 Å². The van der Waals surface area contributed by atoms with Gasteiger partial charge in [-0.1, -0.05) is 18.2 Å². The van der Waals surface area contributed by atoms with Gasteiger partial charge in [0, 0.05) is 18.8 Å². The van der Waals surface area contributed by atoms with E-state index in [0.29, 0.717) is 0 Å². The fourth-order valence-electron chi connectivity index (χ4n) is 1.47. The first-order chi connectivity index (χ1) is 7.75. The van der Waals surface area contributed by atoms with E-state index in [2.05, 4.69) is 10.6 Å². The Morgan fingerprint density at radius 1 is 1.50 bits per heavy atom. The fourth-order valence-corrected chi connectivity index (χ4v) is 1.47. The van der Waals surface area contributed by atoms with Crippen molar-refractivity contribution in [1.29, 1.82) is 0 Å². The Morgan fingerprint density at radius 2 is 2.25 bits per heavy atom. The summed E-state index contributed by atoms with van der Waals surface area (Å²) in [5.74, 6) is -0.0961. The number of rotatable bonds is 4. The summed E-state index contributed by atoms with van der Waals surface area (Å²) in [5, 5.41) is 5.92. The molecule has 2 N–H and O–H groups in total. The zero-order chi connectivity index (χ0) is 11.4. The van der Waals surface area contributed by atoms with E-state index in [1.807, 2.05) is 31.2 Å². The SMILES string of the molecule is Cc1ccccc1NC(=O)COC1CNC1. The molecule has 1 heterocycles. The Bertz CT molecular complexity index is 375. The van der Waals surface area contributed by atoms with E-state index >= 15 is 0 Å². The van der Waals surface area contributed by atoms with Crippen LogP contribution in [0.1, 0.15) is 5.56 Å². The van der Waals surface area contributed by atoms with E-state index in [-0.39, 0.29) is 18.6 Å². The Labute approximate surface area is 95.0 Å². The van der Waals surface area contributed by atoms with Crippen LogP contribution in [0.5, 0.6) is 0 Å². The van der Waals surface area contributed by atoms with Gasteiger partial charge >= 0.3 is 0 Å². The summed E-state index contributed by atoms with van der Waals surface area (Å²) in [5.41, 5.74) is 1.91. The zero-order valence-electron chi connectivity index (χ0n) is 9.32. The molecule has 4 nitrogen and oxygen atoms in total. The largest absolute Gasteiger partial charge is 0.366 e. The summed E-state index contributed by atoms with van der Waals surface area (Å²) in [6.45, 7) is 3.78. The number of para-hydroxylation sites is 1. The fraction of sp³-hybridized carbons (Fsp3) is 0.417. The zero-order valence-corrected chi connectivity index (χ0v) is 9.32. The maximum atomic E-state index is 11.6. The average Bonchev–Trinajstić information content (AvgIpc) is 2.19. The van der Waals surface area contributed by atoms with Crippen molar-refractivity contribution in [3.8, 4) is 0 Å². The van der Waals surface area contributed by atoms with Gasteiger partial charge in [0.2, 0.25) is 5.91 Å². The minimum atomic E-state index is -0.0961. The molecule has 1 aromatic carbocycles. The highest BCUT2D eigenvalue weighted by Gasteiger charge is 2.18. The Hall–Kier alpha value is -1.39. The van der Waals surface area contributed by atoms with Crippen LogP contribution in [0.15, 0.2) is 24.3 Å². The molecule has 1 aromatic rings. The highest BCUT2D eigenvalue weighted by molar-refractivity contribution is 5.92. The molecular formula is C12H16N2O2. The molecule has 0 bridgehead atoms. The normalized spacial score (nSPS) is 15.6. The van der Waals surface area contributed by atoms with Crippen molar-refractivity contribution in [1.82, 2.24) is 5.32 Å². The number of hydrogen-bond donors (Lipinski definition) is 2. The second kappa shape index (κ2) is 5.09. The van der Waals surface area contributed by atoms with Crippen molar-refractivity contribution in [2.24, 2.45) is 0 Å². The molecule has 16 heavy (non-hydrogen) atoms. The van der Waals surface area contributed by atoms with Gasteiger partial charge in [0.15, 0.2) is 0 Å².